The first-order valence-electron chi connectivity index (χ1n) is 7.87. The Morgan fingerprint density at radius 3 is 2.48 bits per heavy atom. The van der Waals surface area contributed by atoms with Crippen molar-refractivity contribution in [2.24, 2.45) is 0 Å². The summed E-state index contributed by atoms with van der Waals surface area (Å²) in [6.45, 7) is 1.85. The fourth-order valence-corrected chi connectivity index (χ4v) is 3.89. The van der Waals surface area contributed by atoms with Crippen LogP contribution in [0.3, 0.4) is 0 Å². The molecule has 0 spiro atoms. The number of carbonyl (C=O) groups excluding carboxylic acids is 1. The van der Waals surface area contributed by atoms with E-state index in [-0.39, 0.29) is 4.90 Å². The molecule has 2 aromatic carbocycles. The Kier molecular flexibility index (Phi) is 5.72. The second-order valence-corrected chi connectivity index (χ2v) is 8.26. The minimum absolute atomic E-state index is 0.0190. The largest absolute Gasteiger partial charge is 0.333 e. The van der Waals surface area contributed by atoms with Crippen LogP contribution in [0.25, 0.3) is 0 Å². The molecule has 0 saturated carbocycles. The number of hydrogen-bond donors (Lipinski definition) is 2. The van der Waals surface area contributed by atoms with Gasteiger partial charge in [-0.2, -0.15) is 0 Å². The maximum atomic E-state index is 12.3. The summed E-state index contributed by atoms with van der Waals surface area (Å²) in [5.41, 5.74) is 1.39. The molecule has 27 heavy (non-hydrogen) atoms. The van der Waals surface area contributed by atoms with E-state index < -0.39 is 16.1 Å². The van der Waals surface area contributed by atoms with E-state index in [1.165, 1.54) is 23.9 Å². The predicted molar refractivity (Wildman–Crippen MR) is 103 cm³/mol. The van der Waals surface area contributed by atoms with Crippen molar-refractivity contribution >= 4 is 33.5 Å². The molecule has 3 rings (SSSR count). The number of aromatic nitrogens is 2. The Labute approximate surface area is 161 Å². The van der Waals surface area contributed by atoms with Crippen LogP contribution in [0.1, 0.15) is 5.56 Å². The molecular formula is C18H16N4O3S2. The van der Waals surface area contributed by atoms with Crippen molar-refractivity contribution in [2.45, 2.75) is 21.7 Å². The van der Waals surface area contributed by atoms with Gasteiger partial charge in [-0.25, -0.2) is 22.9 Å². The number of urea groups is 1. The van der Waals surface area contributed by atoms with Gasteiger partial charge in [0.15, 0.2) is 0 Å². The number of para-hydroxylation sites is 1. The van der Waals surface area contributed by atoms with Gasteiger partial charge in [0.25, 0.3) is 10.0 Å². The van der Waals surface area contributed by atoms with E-state index in [2.05, 4.69) is 15.3 Å². The number of aryl methyl sites for hydroxylation is 1. The van der Waals surface area contributed by atoms with Gasteiger partial charge in [0, 0.05) is 17.3 Å². The van der Waals surface area contributed by atoms with Crippen LogP contribution in [0.2, 0.25) is 0 Å². The highest BCUT2D eigenvalue weighted by Gasteiger charge is 2.18. The lowest BCUT2D eigenvalue weighted by atomic mass is 10.2. The van der Waals surface area contributed by atoms with Gasteiger partial charge in [-0.15, -0.1) is 0 Å². The van der Waals surface area contributed by atoms with Crippen LogP contribution >= 0.6 is 11.8 Å². The molecule has 1 aromatic heterocycles. The van der Waals surface area contributed by atoms with E-state index in [4.69, 9.17) is 0 Å². The number of carbonyl (C=O) groups is 1. The Balaban J connectivity index is 1.74. The van der Waals surface area contributed by atoms with E-state index in [0.29, 0.717) is 15.6 Å². The summed E-state index contributed by atoms with van der Waals surface area (Å²) in [6.07, 6.45) is 4.74. The van der Waals surface area contributed by atoms with Crippen LogP contribution in [0.15, 0.2) is 81.9 Å². The molecule has 0 atom stereocenters. The highest BCUT2D eigenvalue weighted by atomic mass is 32.2. The molecule has 0 bridgehead atoms. The SMILES string of the molecule is Cc1ccc(S(=O)(=O)NC(=O)Nc2ccccc2Sc2cnccn2)cc1. The van der Waals surface area contributed by atoms with Gasteiger partial charge >= 0.3 is 6.03 Å². The second-order valence-electron chi connectivity index (χ2n) is 5.51. The zero-order valence-corrected chi connectivity index (χ0v) is 15.9. The molecule has 2 amide bonds. The van der Waals surface area contributed by atoms with E-state index >= 15 is 0 Å². The maximum Gasteiger partial charge on any atom is 0.333 e. The molecule has 0 saturated heterocycles. The molecule has 0 fully saturated rings. The average Bonchev–Trinajstić information content (AvgIpc) is 2.64. The third-order valence-electron chi connectivity index (χ3n) is 3.45. The number of anilines is 1. The number of nitrogens with one attached hydrogen (secondary N) is 2. The molecule has 9 heteroatoms. The molecule has 0 aliphatic heterocycles. The summed E-state index contributed by atoms with van der Waals surface area (Å²) < 4.78 is 26.7. The lowest BCUT2D eigenvalue weighted by Crippen LogP contribution is -2.34. The Morgan fingerprint density at radius 1 is 1.04 bits per heavy atom. The van der Waals surface area contributed by atoms with Crippen LogP contribution in [-0.4, -0.2) is 24.4 Å². The summed E-state index contributed by atoms with van der Waals surface area (Å²) >= 11 is 1.31. The van der Waals surface area contributed by atoms with Crippen LogP contribution in [-0.2, 0) is 10.0 Å². The molecule has 138 valence electrons. The number of rotatable bonds is 5. The molecule has 0 aliphatic carbocycles. The normalized spacial score (nSPS) is 11.0. The standard InChI is InChI=1S/C18H16N4O3S2/c1-13-6-8-14(9-7-13)27(24,25)22-18(23)21-15-4-2-3-5-16(15)26-17-12-19-10-11-20-17/h2-12H,1H3,(H2,21,22,23). The number of nitrogens with zero attached hydrogens (tertiary/aromatic N) is 2. The first kappa shape index (κ1) is 18.9. The number of amides is 2. The average molecular weight is 400 g/mol. The number of hydrogen-bond acceptors (Lipinski definition) is 6. The van der Waals surface area contributed by atoms with Crippen LogP contribution in [0, 0.1) is 6.92 Å². The summed E-state index contributed by atoms with van der Waals surface area (Å²) in [5.74, 6) is 0. The van der Waals surface area contributed by atoms with Crippen LogP contribution < -0.4 is 10.0 Å². The third kappa shape index (κ3) is 5.05. The molecule has 0 aliphatic rings. The quantitative estimate of drug-likeness (QED) is 0.680. The maximum absolute atomic E-state index is 12.3. The fraction of sp³-hybridized carbons (Fsp3) is 0.0556. The van der Waals surface area contributed by atoms with Crippen molar-refractivity contribution in [1.29, 1.82) is 0 Å². The Morgan fingerprint density at radius 2 is 1.78 bits per heavy atom. The van der Waals surface area contributed by atoms with E-state index in [1.54, 1.807) is 48.9 Å². The topological polar surface area (TPSA) is 101 Å². The van der Waals surface area contributed by atoms with Gasteiger partial charge in [-0.1, -0.05) is 41.6 Å². The second kappa shape index (κ2) is 8.19. The van der Waals surface area contributed by atoms with Crippen LogP contribution in [0.4, 0.5) is 10.5 Å². The van der Waals surface area contributed by atoms with E-state index in [0.717, 1.165) is 5.56 Å². The van der Waals surface area contributed by atoms with Gasteiger partial charge in [0.1, 0.15) is 5.03 Å². The van der Waals surface area contributed by atoms with Gasteiger partial charge < -0.3 is 5.32 Å². The number of sulfonamides is 1. The fourth-order valence-electron chi connectivity index (χ4n) is 2.16. The monoisotopic (exact) mass is 400 g/mol. The molecular weight excluding hydrogens is 384 g/mol. The van der Waals surface area contributed by atoms with Crippen molar-refractivity contribution in [1.82, 2.24) is 14.7 Å². The zero-order chi connectivity index (χ0) is 19.3. The highest BCUT2D eigenvalue weighted by Crippen LogP contribution is 2.31. The lowest BCUT2D eigenvalue weighted by molar-refractivity contribution is 0.256. The Bertz CT molecular complexity index is 1040. The van der Waals surface area contributed by atoms with Crippen molar-refractivity contribution in [3.63, 3.8) is 0 Å². The molecule has 0 unspecified atom stereocenters. The summed E-state index contributed by atoms with van der Waals surface area (Å²) in [5, 5.41) is 3.22. The first-order chi connectivity index (χ1) is 12.9. The van der Waals surface area contributed by atoms with E-state index in [1.807, 2.05) is 17.7 Å². The number of benzene rings is 2. The molecule has 1 heterocycles. The molecule has 0 radical (unpaired) electrons. The van der Waals surface area contributed by atoms with Gasteiger partial charge in [-0.3, -0.25) is 4.98 Å². The van der Waals surface area contributed by atoms with Gasteiger partial charge in [0.2, 0.25) is 0 Å². The van der Waals surface area contributed by atoms with Crippen molar-refractivity contribution in [3.05, 3.63) is 72.7 Å². The van der Waals surface area contributed by atoms with Crippen molar-refractivity contribution in [3.8, 4) is 0 Å². The van der Waals surface area contributed by atoms with Crippen molar-refractivity contribution < 1.29 is 13.2 Å². The highest BCUT2D eigenvalue weighted by molar-refractivity contribution is 7.99. The zero-order valence-electron chi connectivity index (χ0n) is 14.3. The Hall–Kier alpha value is -2.91. The summed E-state index contributed by atoms with van der Waals surface area (Å²) in [4.78, 5) is 21.1. The summed E-state index contributed by atoms with van der Waals surface area (Å²) in [7, 11) is -3.96. The summed E-state index contributed by atoms with van der Waals surface area (Å²) in [6, 6.07) is 12.4. The molecule has 2 N–H and O–H groups in total. The van der Waals surface area contributed by atoms with Gasteiger partial charge in [-0.05, 0) is 31.2 Å². The molecule has 7 nitrogen and oxygen atoms in total. The van der Waals surface area contributed by atoms with Gasteiger partial charge in [0.05, 0.1) is 16.8 Å². The molecule has 3 aromatic rings. The van der Waals surface area contributed by atoms with E-state index in [9.17, 15) is 13.2 Å². The smallest absolute Gasteiger partial charge is 0.306 e. The minimum atomic E-state index is -3.96. The lowest BCUT2D eigenvalue weighted by Gasteiger charge is -2.12. The van der Waals surface area contributed by atoms with Crippen molar-refractivity contribution in [2.75, 3.05) is 5.32 Å². The first-order valence-corrected chi connectivity index (χ1v) is 10.2. The minimum Gasteiger partial charge on any atom is -0.306 e. The van der Waals surface area contributed by atoms with Crippen LogP contribution in [0.5, 0.6) is 0 Å². The predicted octanol–water partition coefficient (Wildman–Crippen LogP) is 3.45. The third-order valence-corrected chi connectivity index (χ3v) is 5.79.